The molecule has 0 bridgehead atoms. The minimum Gasteiger partial charge on any atom is -0.194 e. The highest BCUT2D eigenvalue weighted by molar-refractivity contribution is 7.80. The van der Waals surface area contributed by atoms with Crippen LogP contribution in [0.1, 0.15) is 5.56 Å². The Morgan fingerprint density at radius 3 is 1.71 bits per heavy atom. The summed E-state index contributed by atoms with van der Waals surface area (Å²) in [6.45, 7) is 0. The zero-order valence-electron chi connectivity index (χ0n) is 7.90. The van der Waals surface area contributed by atoms with Crippen molar-refractivity contribution >= 4 is 12.6 Å². The molecule has 96 valence electrons. The molecule has 0 heterocycles. The highest BCUT2D eigenvalue weighted by Gasteiger charge is 2.73. The summed E-state index contributed by atoms with van der Waals surface area (Å²) < 4.78 is 87.3. The van der Waals surface area contributed by atoms with Crippen molar-refractivity contribution in [3.8, 4) is 0 Å². The van der Waals surface area contributed by atoms with Gasteiger partial charge in [0.25, 0.3) is 0 Å². The Morgan fingerprint density at radius 1 is 0.824 bits per heavy atom. The van der Waals surface area contributed by atoms with Gasteiger partial charge in [-0.3, -0.25) is 0 Å². The highest BCUT2D eigenvalue weighted by Crippen LogP contribution is 2.52. The smallest absolute Gasteiger partial charge is 0.194 e. The molecule has 17 heavy (non-hydrogen) atoms. The van der Waals surface area contributed by atoms with Crippen LogP contribution < -0.4 is 0 Å². The molecule has 0 unspecified atom stereocenters. The Kier molecular flexibility index (Phi) is 3.39. The third kappa shape index (κ3) is 2.22. The number of halogens is 7. The molecule has 1 rings (SSSR count). The van der Waals surface area contributed by atoms with Crippen molar-refractivity contribution in [3.63, 3.8) is 0 Å². The van der Waals surface area contributed by atoms with Crippen LogP contribution >= 0.6 is 12.6 Å². The molecule has 0 aromatic heterocycles. The van der Waals surface area contributed by atoms with Gasteiger partial charge in [-0.05, 0) is 6.07 Å². The van der Waals surface area contributed by atoms with Crippen molar-refractivity contribution in [2.45, 2.75) is 22.9 Å². The molecular weight excluding hydrogens is 273 g/mol. The Hall–Kier alpha value is -0.920. The average Bonchev–Trinajstić information content (AvgIpc) is 2.16. The fourth-order valence-electron chi connectivity index (χ4n) is 1.09. The van der Waals surface area contributed by atoms with Crippen molar-refractivity contribution in [1.29, 1.82) is 0 Å². The molecule has 0 atom stereocenters. The summed E-state index contributed by atoms with van der Waals surface area (Å²) >= 11 is 3.44. The van der Waals surface area contributed by atoms with E-state index in [4.69, 9.17) is 0 Å². The standard InChI is InChI=1S/C9H5F7S/c10-7(11,8(12,13)9(14,15)16)5-3-1-2-4-6(5)17/h1-4,17H. The van der Waals surface area contributed by atoms with Crippen LogP contribution in [0.5, 0.6) is 0 Å². The number of hydrogen-bond acceptors (Lipinski definition) is 1. The van der Waals surface area contributed by atoms with Crippen molar-refractivity contribution in [2.75, 3.05) is 0 Å². The van der Waals surface area contributed by atoms with E-state index in [-0.39, 0.29) is 0 Å². The van der Waals surface area contributed by atoms with Crippen molar-refractivity contribution < 1.29 is 30.7 Å². The first-order chi connectivity index (χ1) is 7.52. The maximum absolute atomic E-state index is 13.2. The van der Waals surface area contributed by atoms with Crippen molar-refractivity contribution in [1.82, 2.24) is 0 Å². The third-order valence-corrected chi connectivity index (χ3v) is 2.38. The Morgan fingerprint density at radius 2 is 1.29 bits per heavy atom. The summed E-state index contributed by atoms with van der Waals surface area (Å²) in [5.74, 6) is -11.5. The van der Waals surface area contributed by atoms with Gasteiger partial charge in [0.1, 0.15) is 0 Å². The normalized spacial score (nSPS) is 13.9. The van der Waals surface area contributed by atoms with Gasteiger partial charge in [-0.1, -0.05) is 18.2 Å². The molecule has 0 radical (unpaired) electrons. The van der Waals surface area contributed by atoms with E-state index in [2.05, 4.69) is 12.6 Å². The zero-order valence-corrected chi connectivity index (χ0v) is 8.80. The summed E-state index contributed by atoms with van der Waals surface area (Å²) in [7, 11) is 0. The van der Waals surface area contributed by atoms with Gasteiger partial charge in [0, 0.05) is 10.5 Å². The predicted octanol–water partition coefficient (Wildman–Crippen LogP) is 4.26. The van der Waals surface area contributed by atoms with Gasteiger partial charge >= 0.3 is 18.0 Å². The molecule has 8 heteroatoms. The monoisotopic (exact) mass is 278 g/mol. The maximum Gasteiger partial charge on any atom is 0.460 e. The molecule has 0 aliphatic heterocycles. The SMILES string of the molecule is FC(F)(F)C(F)(F)C(F)(F)c1ccccc1S. The van der Waals surface area contributed by atoms with Crippen molar-refractivity contribution in [3.05, 3.63) is 29.8 Å². The van der Waals surface area contributed by atoms with Gasteiger partial charge in [0.05, 0.1) is 0 Å². The second kappa shape index (κ2) is 4.08. The largest absolute Gasteiger partial charge is 0.460 e. The molecule has 1 aromatic rings. The van der Waals surface area contributed by atoms with E-state index in [0.717, 1.165) is 12.1 Å². The first kappa shape index (κ1) is 14.1. The molecule has 0 aliphatic carbocycles. The molecule has 0 N–H and O–H groups in total. The number of benzene rings is 1. The van der Waals surface area contributed by atoms with E-state index in [1.165, 1.54) is 6.07 Å². The van der Waals surface area contributed by atoms with Crippen LogP contribution in [0.4, 0.5) is 30.7 Å². The van der Waals surface area contributed by atoms with E-state index in [0.29, 0.717) is 6.07 Å². The fourth-order valence-corrected chi connectivity index (χ4v) is 1.39. The molecular formula is C9H5F7S. The van der Waals surface area contributed by atoms with Gasteiger partial charge < -0.3 is 0 Å². The second-order valence-electron chi connectivity index (χ2n) is 3.16. The quantitative estimate of drug-likeness (QED) is 0.606. The molecule has 0 spiro atoms. The fraction of sp³-hybridized carbons (Fsp3) is 0.333. The lowest BCUT2D eigenvalue weighted by molar-refractivity contribution is -0.360. The van der Waals surface area contributed by atoms with E-state index < -0.39 is 28.5 Å². The van der Waals surface area contributed by atoms with Crippen LogP contribution in [0.3, 0.4) is 0 Å². The van der Waals surface area contributed by atoms with Crippen LogP contribution in [0.2, 0.25) is 0 Å². The lowest BCUT2D eigenvalue weighted by Crippen LogP contribution is -2.50. The molecule has 1 aromatic carbocycles. The lowest BCUT2D eigenvalue weighted by atomic mass is 10.0. The van der Waals surface area contributed by atoms with Crippen molar-refractivity contribution in [2.24, 2.45) is 0 Å². The van der Waals surface area contributed by atoms with Gasteiger partial charge in [-0.25, -0.2) is 0 Å². The van der Waals surface area contributed by atoms with Gasteiger partial charge in [-0.2, -0.15) is 30.7 Å². The van der Waals surface area contributed by atoms with Gasteiger partial charge in [0.2, 0.25) is 0 Å². The summed E-state index contributed by atoms with van der Waals surface area (Å²) in [6.07, 6.45) is -6.34. The minimum absolute atomic E-state index is 0.474. The van der Waals surface area contributed by atoms with E-state index in [9.17, 15) is 30.7 Å². The summed E-state index contributed by atoms with van der Waals surface area (Å²) in [5, 5.41) is 0. The molecule has 0 nitrogen and oxygen atoms in total. The maximum atomic E-state index is 13.2. The van der Waals surface area contributed by atoms with E-state index >= 15 is 0 Å². The van der Waals surface area contributed by atoms with Crippen LogP contribution in [0.15, 0.2) is 29.2 Å². The third-order valence-electron chi connectivity index (χ3n) is 1.99. The number of thiol groups is 1. The summed E-state index contributed by atoms with van der Waals surface area (Å²) in [6, 6.07) is 3.49. The molecule has 0 amide bonds. The summed E-state index contributed by atoms with van der Waals surface area (Å²) in [4.78, 5) is -0.638. The van der Waals surface area contributed by atoms with E-state index in [1.54, 1.807) is 0 Å². The number of hydrogen-bond donors (Lipinski definition) is 1. The second-order valence-corrected chi connectivity index (χ2v) is 3.65. The number of rotatable bonds is 2. The molecule has 0 saturated carbocycles. The van der Waals surface area contributed by atoms with E-state index in [1.807, 2.05) is 0 Å². The molecule has 0 aliphatic rings. The van der Waals surface area contributed by atoms with Gasteiger partial charge in [0.15, 0.2) is 0 Å². The summed E-state index contributed by atoms with van der Waals surface area (Å²) in [5.41, 5.74) is -1.47. The minimum atomic E-state index is -6.34. The highest BCUT2D eigenvalue weighted by atomic mass is 32.1. The lowest BCUT2D eigenvalue weighted by Gasteiger charge is -2.29. The topological polar surface area (TPSA) is 0 Å². The Balaban J connectivity index is 3.34. The Bertz CT molecular complexity index is 410. The van der Waals surface area contributed by atoms with Gasteiger partial charge in [-0.15, -0.1) is 12.6 Å². The van der Waals surface area contributed by atoms with Crippen LogP contribution in [0, 0.1) is 0 Å². The van der Waals surface area contributed by atoms with Crippen LogP contribution in [0.25, 0.3) is 0 Å². The first-order valence-electron chi connectivity index (χ1n) is 4.12. The average molecular weight is 278 g/mol. The number of alkyl halides is 7. The Labute approximate surface area is 96.8 Å². The zero-order chi connectivity index (χ0) is 13.5. The predicted molar refractivity (Wildman–Crippen MR) is 48.6 cm³/mol. The first-order valence-corrected chi connectivity index (χ1v) is 4.57. The van der Waals surface area contributed by atoms with Crippen LogP contribution in [-0.4, -0.2) is 12.1 Å². The van der Waals surface area contributed by atoms with Crippen LogP contribution in [-0.2, 0) is 5.92 Å². The molecule has 0 fully saturated rings. The molecule has 0 saturated heterocycles.